The van der Waals surface area contributed by atoms with Gasteiger partial charge in [-0.3, -0.25) is 0 Å². The molecule has 1 N–H and O–H groups in total. The number of fused-ring (bicyclic) bond motifs is 3. The third kappa shape index (κ3) is 3.22. The molecule has 0 saturated heterocycles. The van der Waals surface area contributed by atoms with Gasteiger partial charge in [0.05, 0.1) is 19.8 Å². The molecule has 0 bridgehead atoms. The van der Waals surface area contributed by atoms with E-state index >= 15 is 0 Å². The van der Waals surface area contributed by atoms with Gasteiger partial charge >= 0.3 is 0 Å². The number of hydrogen-bond acceptors (Lipinski definition) is 3. The molecule has 4 rings (SSSR count). The van der Waals surface area contributed by atoms with E-state index in [2.05, 4.69) is 41.6 Å². The van der Waals surface area contributed by atoms with Crippen molar-refractivity contribution in [1.29, 1.82) is 0 Å². The SMILES string of the molecule is COc1ccc(C(O)Cn2c3c(c4cc(C)ccc42)CCN(C)C3)cc1F. The summed E-state index contributed by atoms with van der Waals surface area (Å²) in [6.45, 7) is 4.39. The lowest BCUT2D eigenvalue weighted by molar-refractivity contribution is 0.154. The Bertz CT molecular complexity index is 996. The molecule has 4 nitrogen and oxygen atoms in total. The maximum atomic E-state index is 14.1. The van der Waals surface area contributed by atoms with Crippen LogP contribution in [0.4, 0.5) is 4.39 Å². The second kappa shape index (κ2) is 6.98. The molecule has 0 amide bonds. The summed E-state index contributed by atoms with van der Waals surface area (Å²) < 4.78 is 21.2. The molecule has 0 spiro atoms. The highest BCUT2D eigenvalue weighted by molar-refractivity contribution is 5.86. The van der Waals surface area contributed by atoms with E-state index in [0.717, 1.165) is 25.0 Å². The predicted octanol–water partition coefficient (Wildman–Crippen LogP) is 3.82. The Morgan fingerprint density at radius 1 is 1.22 bits per heavy atom. The molecule has 2 aromatic carbocycles. The number of aliphatic hydroxyl groups excluding tert-OH is 1. The van der Waals surface area contributed by atoms with Crippen LogP contribution in [0.15, 0.2) is 36.4 Å². The Hall–Kier alpha value is -2.37. The fourth-order valence-electron chi connectivity index (χ4n) is 4.06. The first-order valence-electron chi connectivity index (χ1n) is 9.28. The fraction of sp³-hybridized carbons (Fsp3) is 0.364. The Morgan fingerprint density at radius 2 is 2.04 bits per heavy atom. The lowest BCUT2D eigenvalue weighted by Crippen LogP contribution is -2.28. The molecule has 142 valence electrons. The van der Waals surface area contributed by atoms with Crippen molar-refractivity contribution in [3.05, 3.63) is 64.6 Å². The van der Waals surface area contributed by atoms with Gasteiger partial charge in [0, 0.05) is 29.7 Å². The average Bonchev–Trinajstić information content (AvgIpc) is 2.94. The first kappa shape index (κ1) is 18.0. The smallest absolute Gasteiger partial charge is 0.165 e. The first-order valence-corrected chi connectivity index (χ1v) is 9.28. The summed E-state index contributed by atoms with van der Waals surface area (Å²) in [5, 5.41) is 12.1. The first-order chi connectivity index (χ1) is 13.0. The van der Waals surface area contributed by atoms with Crippen molar-refractivity contribution in [2.24, 2.45) is 0 Å². The molecule has 0 fully saturated rings. The molecule has 1 aliphatic heterocycles. The van der Waals surface area contributed by atoms with Crippen molar-refractivity contribution in [1.82, 2.24) is 9.47 Å². The van der Waals surface area contributed by atoms with Crippen molar-refractivity contribution in [2.75, 3.05) is 20.7 Å². The van der Waals surface area contributed by atoms with Gasteiger partial charge in [-0.25, -0.2) is 4.39 Å². The van der Waals surface area contributed by atoms with Gasteiger partial charge in [-0.05, 0) is 55.8 Å². The number of benzene rings is 2. The summed E-state index contributed by atoms with van der Waals surface area (Å²) in [5.41, 5.74) is 5.55. The minimum atomic E-state index is -0.793. The van der Waals surface area contributed by atoms with Crippen LogP contribution in [0.5, 0.6) is 5.75 Å². The molecule has 3 aromatic rings. The number of aromatic nitrogens is 1. The topological polar surface area (TPSA) is 37.6 Å². The summed E-state index contributed by atoms with van der Waals surface area (Å²) >= 11 is 0. The van der Waals surface area contributed by atoms with Gasteiger partial charge in [0.15, 0.2) is 11.6 Å². The van der Waals surface area contributed by atoms with Crippen molar-refractivity contribution in [2.45, 2.75) is 32.5 Å². The van der Waals surface area contributed by atoms with Crippen LogP contribution in [-0.2, 0) is 19.5 Å². The number of rotatable bonds is 4. The molecule has 1 atom stereocenters. The number of ether oxygens (including phenoxy) is 1. The summed E-state index contributed by atoms with van der Waals surface area (Å²) in [6, 6.07) is 11.1. The molecule has 1 aliphatic rings. The van der Waals surface area contributed by atoms with E-state index in [1.807, 2.05) is 0 Å². The van der Waals surface area contributed by atoms with Gasteiger partial charge in [-0.1, -0.05) is 17.7 Å². The van der Waals surface area contributed by atoms with E-state index in [4.69, 9.17) is 4.74 Å². The highest BCUT2D eigenvalue weighted by atomic mass is 19.1. The van der Waals surface area contributed by atoms with Gasteiger partial charge in [-0.2, -0.15) is 0 Å². The monoisotopic (exact) mass is 368 g/mol. The number of aryl methyl sites for hydroxylation is 1. The predicted molar refractivity (Wildman–Crippen MR) is 105 cm³/mol. The molecular weight excluding hydrogens is 343 g/mol. The number of nitrogens with zero attached hydrogens (tertiary/aromatic N) is 2. The Labute approximate surface area is 158 Å². The van der Waals surface area contributed by atoms with Crippen LogP contribution in [-0.4, -0.2) is 35.3 Å². The van der Waals surface area contributed by atoms with Crippen LogP contribution in [0.1, 0.15) is 28.5 Å². The lowest BCUT2D eigenvalue weighted by Gasteiger charge is -2.25. The summed E-state index contributed by atoms with van der Waals surface area (Å²) in [5.74, 6) is -0.268. The normalized spacial score (nSPS) is 15.7. The van der Waals surface area contributed by atoms with Crippen LogP contribution < -0.4 is 4.74 Å². The van der Waals surface area contributed by atoms with Crippen molar-refractivity contribution < 1.29 is 14.2 Å². The largest absolute Gasteiger partial charge is 0.494 e. The zero-order valence-corrected chi connectivity index (χ0v) is 16.0. The van der Waals surface area contributed by atoms with Gasteiger partial charge < -0.3 is 19.3 Å². The highest BCUT2D eigenvalue weighted by Gasteiger charge is 2.24. The highest BCUT2D eigenvalue weighted by Crippen LogP contribution is 2.33. The van der Waals surface area contributed by atoms with E-state index in [1.54, 1.807) is 12.1 Å². The van der Waals surface area contributed by atoms with Crippen molar-refractivity contribution >= 4 is 10.9 Å². The van der Waals surface area contributed by atoms with Crippen LogP contribution in [0.25, 0.3) is 10.9 Å². The van der Waals surface area contributed by atoms with Crippen LogP contribution in [0, 0.1) is 12.7 Å². The molecule has 1 aromatic heterocycles. The summed E-state index contributed by atoms with van der Waals surface area (Å²) in [4.78, 5) is 2.30. The van der Waals surface area contributed by atoms with E-state index in [0.29, 0.717) is 12.1 Å². The second-order valence-electron chi connectivity index (χ2n) is 7.45. The van der Waals surface area contributed by atoms with Gasteiger partial charge in [0.25, 0.3) is 0 Å². The Kier molecular flexibility index (Phi) is 4.66. The molecule has 5 heteroatoms. The zero-order chi connectivity index (χ0) is 19.1. The Balaban J connectivity index is 1.75. The maximum Gasteiger partial charge on any atom is 0.165 e. The Morgan fingerprint density at radius 3 is 2.78 bits per heavy atom. The van der Waals surface area contributed by atoms with E-state index in [1.165, 1.54) is 35.4 Å². The van der Waals surface area contributed by atoms with Crippen molar-refractivity contribution in [3.8, 4) is 5.75 Å². The average molecular weight is 368 g/mol. The standard InChI is InChI=1S/C22H25FN2O2/c1-14-4-6-19-17(10-14)16-8-9-24(2)12-20(16)25(19)13-21(26)15-5-7-22(27-3)18(23)11-15/h4-7,10-11,21,26H,8-9,12-13H2,1-3H3. The molecular formula is C22H25FN2O2. The van der Waals surface area contributed by atoms with Gasteiger partial charge in [0.2, 0.25) is 0 Å². The van der Waals surface area contributed by atoms with Gasteiger partial charge in [0.1, 0.15) is 0 Å². The quantitative estimate of drug-likeness (QED) is 0.761. The minimum Gasteiger partial charge on any atom is -0.494 e. The number of likely N-dealkylation sites (N-methyl/N-ethyl adjacent to an activating group) is 1. The third-order valence-corrected chi connectivity index (χ3v) is 5.52. The molecule has 1 unspecified atom stereocenters. The number of methoxy groups -OCH3 is 1. The van der Waals surface area contributed by atoms with Crippen molar-refractivity contribution in [3.63, 3.8) is 0 Å². The van der Waals surface area contributed by atoms with E-state index in [-0.39, 0.29) is 5.75 Å². The molecule has 2 heterocycles. The molecule has 0 aliphatic carbocycles. The number of halogens is 1. The maximum absolute atomic E-state index is 14.1. The summed E-state index contributed by atoms with van der Waals surface area (Å²) in [7, 11) is 3.55. The van der Waals surface area contributed by atoms with E-state index < -0.39 is 11.9 Å². The third-order valence-electron chi connectivity index (χ3n) is 5.52. The van der Waals surface area contributed by atoms with Gasteiger partial charge in [-0.15, -0.1) is 0 Å². The summed E-state index contributed by atoms with van der Waals surface area (Å²) in [6.07, 6.45) is 0.213. The number of hydrogen-bond donors (Lipinski definition) is 1. The van der Waals surface area contributed by atoms with Crippen LogP contribution in [0.2, 0.25) is 0 Å². The number of aliphatic hydroxyl groups is 1. The minimum absolute atomic E-state index is 0.187. The molecule has 0 radical (unpaired) electrons. The van der Waals surface area contributed by atoms with Crippen LogP contribution >= 0.6 is 0 Å². The lowest BCUT2D eigenvalue weighted by atomic mass is 10.0. The molecule has 0 saturated carbocycles. The fourth-order valence-corrected chi connectivity index (χ4v) is 4.06. The van der Waals surface area contributed by atoms with E-state index in [9.17, 15) is 9.50 Å². The van der Waals surface area contributed by atoms with Crippen LogP contribution in [0.3, 0.4) is 0 Å². The zero-order valence-electron chi connectivity index (χ0n) is 16.0. The molecule has 27 heavy (non-hydrogen) atoms. The second-order valence-corrected chi connectivity index (χ2v) is 7.45.